The molecule has 106 valence electrons. The fourth-order valence-corrected chi connectivity index (χ4v) is 2.64. The minimum atomic E-state index is 0.620. The van der Waals surface area contributed by atoms with Gasteiger partial charge < -0.3 is 0 Å². The molecule has 0 atom stereocenters. The van der Waals surface area contributed by atoms with E-state index in [0.717, 1.165) is 17.0 Å². The summed E-state index contributed by atoms with van der Waals surface area (Å²) >= 11 is 1.57. The van der Waals surface area contributed by atoms with Gasteiger partial charge in [0.15, 0.2) is 5.69 Å². The molecule has 0 spiro atoms. The van der Waals surface area contributed by atoms with Crippen LogP contribution >= 0.6 is 11.8 Å². The van der Waals surface area contributed by atoms with E-state index in [1.54, 1.807) is 11.8 Å². The molecule has 2 heterocycles. The van der Waals surface area contributed by atoms with Crippen molar-refractivity contribution in [3.63, 3.8) is 0 Å². The monoisotopic (exact) mass is 299 g/mol. The molecular weight excluding hydrogens is 286 g/mol. The van der Waals surface area contributed by atoms with E-state index in [2.05, 4.69) is 30.1 Å². The van der Waals surface area contributed by atoms with Gasteiger partial charge >= 0.3 is 0 Å². The Bertz CT molecular complexity index is 733. The molecule has 1 aromatic heterocycles. The van der Waals surface area contributed by atoms with E-state index in [4.69, 9.17) is 0 Å². The zero-order valence-electron chi connectivity index (χ0n) is 11.6. The fraction of sp³-hybridized carbons (Fsp3) is 0.214. The lowest BCUT2D eigenvalue weighted by Gasteiger charge is -1.96. The Morgan fingerprint density at radius 2 is 2.05 bits per heavy atom. The minimum Gasteiger partial charge on any atom is -0.244 e. The van der Waals surface area contributed by atoms with Crippen LogP contribution in [0.5, 0.6) is 0 Å². The zero-order chi connectivity index (χ0) is 14.7. The van der Waals surface area contributed by atoms with Crippen molar-refractivity contribution in [3.05, 3.63) is 47.3 Å². The Hall–Kier alpha value is -2.28. The summed E-state index contributed by atoms with van der Waals surface area (Å²) in [4.78, 5) is 4.50. The SMILES string of the molecule is CC(=NN=C1N=C(c2ccccc2)CS1)c1nonc1C. The minimum absolute atomic E-state index is 0.620. The molecule has 1 aliphatic heterocycles. The Kier molecular flexibility index (Phi) is 3.92. The van der Waals surface area contributed by atoms with Crippen molar-refractivity contribution < 1.29 is 4.63 Å². The van der Waals surface area contributed by atoms with Gasteiger partial charge in [0.25, 0.3) is 0 Å². The number of thioether (sulfide) groups is 1. The van der Waals surface area contributed by atoms with Crippen molar-refractivity contribution in [2.45, 2.75) is 13.8 Å². The predicted molar refractivity (Wildman–Crippen MR) is 84.1 cm³/mol. The number of aliphatic imine (C=N–C) groups is 1. The number of hydrogen-bond acceptors (Lipinski definition) is 6. The molecule has 0 fully saturated rings. The summed E-state index contributed by atoms with van der Waals surface area (Å²) in [5.74, 6) is 0.807. The van der Waals surface area contributed by atoms with Crippen LogP contribution < -0.4 is 0 Å². The Labute approximate surface area is 126 Å². The van der Waals surface area contributed by atoms with Crippen molar-refractivity contribution in [2.75, 3.05) is 5.75 Å². The van der Waals surface area contributed by atoms with E-state index in [1.807, 2.05) is 44.2 Å². The summed E-state index contributed by atoms with van der Waals surface area (Å²) < 4.78 is 4.65. The first-order chi connectivity index (χ1) is 10.2. The van der Waals surface area contributed by atoms with Crippen molar-refractivity contribution in [2.24, 2.45) is 15.2 Å². The maximum atomic E-state index is 4.65. The van der Waals surface area contributed by atoms with Crippen LogP contribution in [0.15, 0.2) is 50.2 Å². The van der Waals surface area contributed by atoms with Crippen LogP contribution in [-0.2, 0) is 0 Å². The van der Waals surface area contributed by atoms with Gasteiger partial charge in [-0.1, -0.05) is 47.3 Å². The van der Waals surface area contributed by atoms with Crippen LogP contribution in [0.2, 0.25) is 0 Å². The normalized spacial score (nSPS) is 17.3. The smallest absolute Gasteiger partial charge is 0.209 e. The van der Waals surface area contributed by atoms with Gasteiger partial charge in [-0.05, 0) is 24.6 Å². The van der Waals surface area contributed by atoms with Crippen LogP contribution in [-0.4, -0.2) is 32.7 Å². The third kappa shape index (κ3) is 3.08. The topological polar surface area (TPSA) is 76.0 Å². The van der Waals surface area contributed by atoms with Crippen molar-refractivity contribution >= 4 is 28.4 Å². The number of aryl methyl sites for hydroxylation is 1. The molecule has 0 radical (unpaired) electrons. The summed E-state index contributed by atoms with van der Waals surface area (Å²) in [5.41, 5.74) is 4.11. The maximum absolute atomic E-state index is 4.65. The molecule has 6 nitrogen and oxygen atoms in total. The number of amidine groups is 1. The Balaban J connectivity index is 1.80. The van der Waals surface area contributed by atoms with Crippen molar-refractivity contribution in [3.8, 4) is 0 Å². The van der Waals surface area contributed by atoms with Crippen LogP contribution in [0.25, 0.3) is 0 Å². The molecule has 0 amide bonds. The second-order valence-electron chi connectivity index (χ2n) is 4.48. The highest BCUT2D eigenvalue weighted by Crippen LogP contribution is 2.19. The van der Waals surface area contributed by atoms with Gasteiger partial charge in [0.05, 0.1) is 11.4 Å². The lowest BCUT2D eigenvalue weighted by atomic mass is 10.1. The van der Waals surface area contributed by atoms with Crippen LogP contribution in [0.1, 0.15) is 23.9 Å². The average Bonchev–Trinajstić information content (AvgIpc) is 3.15. The highest BCUT2D eigenvalue weighted by atomic mass is 32.2. The molecule has 0 saturated carbocycles. The van der Waals surface area contributed by atoms with E-state index >= 15 is 0 Å². The van der Waals surface area contributed by atoms with Gasteiger partial charge in [0.1, 0.15) is 5.69 Å². The quantitative estimate of drug-likeness (QED) is 0.645. The predicted octanol–water partition coefficient (Wildman–Crippen LogP) is 2.69. The van der Waals surface area contributed by atoms with Crippen LogP contribution in [0.4, 0.5) is 0 Å². The van der Waals surface area contributed by atoms with Crippen molar-refractivity contribution in [1.29, 1.82) is 0 Å². The summed E-state index contributed by atoms with van der Waals surface area (Å²) in [5, 5.41) is 16.5. The molecule has 0 unspecified atom stereocenters. The highest BCUT2D eigenvalue weighted by Gasteiger charge is 2.15. The molecule has 21 heavy (non-hydrogen) atoms. The van der Waals surface area contributed by atoms with Gasteiger partial charge in [-0.15, -0.1) is 5.10 Å². The van der Waals surface area contributed by atoms with Gasteiger partial charge in [0, 0.05) is 5.75 Å². The molecule has 0 bridgehead atoms. The maximum Gasteiger partial charge on any atom is 0.209 e. The number of rotatable bonds is 3. The average molecular weight is 299 g/mol. The van der Waals surface area contributed by atoms with E-state index in [0.29, 0.717) is 22.3 Å². The molecule has 7 heteroatoms. The standard InChI is InChI=1S/C14H13N5OS/c1-9(13-10(2)18-20-19-13)16-17-14-15-12(8-21-14)11-6-4-3-5-7-11/h3-7H,8H2,1-2H3. The molecule has 1 aliphatic rings. The van der Waals surface area contributed by atoms with Crippen LogP contribution in [0, 0.1) is 6.92 Å². The Morgan fingerprint density at radius 1 is 1.24 bits per heavy atom. The summed E-state index contributed by atoms with van der Waals surface area (Å²) in [6, 6.07) is 10.1. The fourth-order valence-electron chi connectivity index (χ4n) is 1.87. The second kappa shape index (κ2) is 6.01. The number of hydrogen-bond donors (Lipinski definition) is 0. The van der Waals surface area contributed by atoms with E-state index < -0.39 is 0 Å². The first kappa shape index (κ1) is 13.7. The molecule has 0 aliphatic carbocycles. The van der Waals surface area contributed by atoms with Crippen LogP contribution in [0.3, 0.4) is 0 Å². The number of benzene rings is 1. The van der Waals surface area contributed by atoms with Gasteiger partial charge in [-0.25, -0.2) is 9.62 Å². The summed E-state index contributed by atoms with van der Waals surface area (Å²) in [6.45, 7) is 3.63. The number of nitrogens with zero attached hydrogens (tertiary/aromatic N) is 5. The van der Waals surface area contributed by atoms with E-state index in [9.17, 15) is 0 Å². The van der Waals surface area contributed by atoms with Gasteiger partial charge in [-0.3, -0.25) is 0 Å². The first-order valence-corrected chi connectivity index (χ1v) is 7.40. The Morgan fingerprint density at radius 3 is 2.76 bits per heavy atom. The third-order valence-corrected chi connectivity index (χ3v) is 3.81. The zero-order valence-corrected chi connectivity index (χ0v) is 12.5. The molecule has 2 aromatic rings. The molecule has 1 aromatic carbocycles. The van der Waals surface area contributed by atoms with Gasteiger partial charge in [0.2, 0.25) is 5.17 Å². The highest BCUT2D eigenvalue weighted by molar-refractivity contribution is 8.15. The van der Waals surface area contributed by atoms with Gasteiger partial charge in [-0.2, -0.15) is 5.10 Å². The molecule has 0 N–H and O–H groups in total. The molecule has 3 rings (SSSR count). The lowest BCUT2D eigenvalue weighted by Crippen LogP contribution is -1.98. The third-order valence-electron chi connectivity index (χ3n) is 2.96. The van der Waals surface area contributed by atoms with E-state index in [-0.39, 0.29) is 0 Å². The van der Waals surface area contributed by atoms with E-state index in [1.165, 1.54) is 0 Å². The summed E-state index contributed by atoms with van der Waals surface area (Å²) in [6.07, 6.45) is 0. The second-order valence-corrected chi connectivity index (χ2v) is 5.42. The molecular formula is C14H13N5OS. The molecule has 0 saturated heterocycles. The number of aromatic nitrogens is 2. The van der Waals surface area contributed by atoms with Crippen molar-refractivity contribution in [1.82, 2.24) is 10.3 Å². The first-order valence-electron chi connectivity index (χ1n) is 6.41. The summed E-state index contributed by atoms with van der Waals surface area (Å²) in [7, 11) is 0. The largest absolute Gasteiger partial charge is 0.244 e. The lowest BCUT2D eigenvalue weighted by molar-refractivity contribution is 0.304.